The van der Waals surface area contributed by atoms with E-state index in [1.165, 1.54) is 22.6 Å². The van der Waals surface area contributed by atoms with Gasteiger partial charge in [0.2, 0.25) is 5.91 Å². The highest BCUT2D eigenvalue weighted by Crippen LogP contribution is 2.29. The molecule has 2 aromatic carbocycles. The topological polar surface area (TPSA) is 125 Å². The second-order valence-corrected chi connectivity index (χ2v) is 8.83. The lowest BCUT2D eigenvalue weighted by atomic mass is 10.0. The van der Waals surface area contributed by atoms with Crippen LogP contribution in [0.25, 0.3) is 11.1 Å². The van der Waals surface area contributed by atoms with Gasteiger partial charge in [-0.05, 0) is 34.2 Å². The number of benzene rings is 2. The first-order valence-electron chi connectivity index (χ1n) is 10.0. The maximum Gasteiger partial charge on any atom is 0.414 e. The Labute approximate surface area is 191 Å². The second-order valence-electron chi connectivity index (χ2n) is 7.49. The molecule has 1 aromatic heterocycles. The Morgan fingerprint density at radius 1 is 1.30 bits per heavy atom. The van der Waals surface area contributed by atoms with E-state index in [0.717, 1.165) is 5.56 Å². The normalized spacial score (nSPS) is 16.5. The van der Waals surface area contributed by atoms with Gasteiger partial charge in [-0.15, -0.1) is 0 Å². The molecule has 0 saturated carbocycles. The van der Waals surface area contributed by atoms with E-state index in [1.807, 2.05) is 0 Å². The molecule has 1 aliphatic rings. The Kier molecular flexibility index (Phi) is 6.56. The Hall–Kier alpha value is -3.51. The number of cyclic esters (lactones) is 1. The summed E-state index contributed by atoms with van der Waals surface area (Å²) in [5, 5.41) is 13.8. The molecular formula is C21H21FN6O4S. The van der Waals surface area contributed by atoms with Crippen molar-refractivity contribution in [1.29, 1.82) is 0 Å². The lowest BCUT2D eigenvalue weighted by molar-refractivity contribution is -0.119. The zero-order valence-corrected chi connectivity index (χ0v) is 18.7. The highest BCUT2D eigenvalue weighted by Gasteiger charge is 2.32. The van der Waals surface area contributed by atoms with E-state index in [9.17, 15) is 18.5 Å². The van der Waals surface area contributed by atoms with Gasteiger partial charge in [-0.2, -0.15) is 4.68 Å². The number of tetrazole rings is 1. The number of hydrogen-bond acceptors (Lipinski definition) is 7. The minimum atomic E-state index is -1.41. The first kappa shape index (κ1) is 22.7. The average molecular weight is 473 g/mol. The van der Waals surface area contributed by atoms with Crippen molar-refractivity contribution >= 4 is 28.9 Å². The molecule has 33 heavy (non-hydrogen) atoms. The predicted octanol–water partition coefficient (Wildman–Crippen LogP) is 1.79. The van der Waals surface area contributed by atoms with Crippen molar-refractivity contribution in [2.75, 3.05) is 18.0 Å². The van der Waals surface area contributed by atoms with Gasteiger partial charge < -0.3 is 14.6 Å². The van der Waals surface area contributed by atoms with Crippen LogP contribution in [0.15, 0.2) is 47.6 Å². The number of rotatable bonds is 7. The van der Waals surface area contributed by atoms with Crippen molar-refractivity contribution in [3.05, 3.63) is 53.8 Å². The first-order chi connectivity index (χ1) is 15.8. The maximum atomic E-state index is 14.9. The Morgan fingerprint density at radius 3 is 2.70 bits per heavy atom. The van der Waals surface area contributed by atoms with Gasteiger partial charge >= 0.3 is 11.2 Å². The monoisotopic (exact) mass is 472 g/mol. The van der Waals surface area contributed by atoms with E-state index in [2.05, 4.69) is 20.8 Å². The van der Waals surface area contributed by atoms with E-state index in [0.29, 0.717) is 16.8 Å². The van der Waals surface area contributed by atoms with Crippen LogP contribution in [-0.4, -0.2) is 56.0 Å². The number of halogens is 1. The zero-order valence-electron chi connectivity index (χ0n) is 17.9. The molecule has 0 radical (unpaired) electrons. The number of anilines is 1. The van der Waals surface area contributed by atoms with Crippen molar-refractivity contribution in [3.8, 4) is 11.1 Å². The Balaban J connectivity index is 1.44. The summed E-state index contributed by atoms with van der Waals surface area (Å²) < 4.78 is 33.9. The quantitative estimate of drug-likeness (QED) is 0.520. The molecule has 0 aliphatic carbocycles. The van der Waals surface area contributed by atoms with Crippen molar-refractivity contribution in [3.63, 3.8) is 0 Å². The largest absolute Gasteiger partial charge is 0.609 e. The molecule has 0 spiro atoms. The van der Waals surface area contributed by atoms with Crippen LogP contribution in [-0.2, 0) is 33.5 Å². The SMILES string of the molecule is CC(=O)NC[C@H]1CN(c2ccc(-c3ccc(C[S+]([O-])c4nnnn4C)cc3)c(F)c2)C(=O)O1. The number of carbonyl (C=O) groups is 2. The van der Waals surface area contributed by atoms with E-state index in [1.54, 1.807) is 43.4 Å². The standard InChI is InChI=1S/C21H21FN6O4S/c1-13(29)23-10-17-11-28(21(30)32-17)16-7-8-18(19(22)9-16)15-5-3-14(4-6-15)12-33(31)20-24-25-26-27(20)2/h3-9,17H,10-12H2,1-2H3,(H,23,29)/t17-,33?/m0/s1. The molecule has 1 aliphatic heterocycles. The molecule has 172 valence electrons. The number of hydrogen-bond donors (Lipinski definition) is 1. The molecule has 1 fully saturated rings. The van der Waals surface area contributed by atoms with Crippen LogP contribution < -0.4 is 10.2 Å². The van der Waals surface area contributed by atoms with Gasteiger partial charge in [0, 0.05) is 36.3 Å². The molecule has 0 bridgehead atoms. The van der Waals surface area contributed by atoms with E-state index >= 15 is 0 Å². The van der Waals surface area contributed by atoms with Gasteiger partial charge in [-0.25, -0.2) is 9.18 Å². The maximum absolute atomic E-state index is 14.9. The molecule has 2 heterocycles. The second kappa shape index (κ2) is 9.55. The summed E-state index contributed by atoms with van der Waals surface area (Å²) in [6, 6.07) is 11.5. The lowest BCUT2D eigenvalue weighted by Gasteiger charge is -2.15. The lowest BCUT2D eigenvalue weighted by Crippen LogP contribution is -2.33. The average Bonchev–Trinajstić information content (AvgIpc) is 3.38. The fourth-order valence-corrected chi connectivity index (χ4v) is 4.50. The summed E-state index contributed by atoms with van der Waals surface area (Å²) in [7, 11) is 1.62. The van der Waals surface area contributed by atoms with Gasteiger partial charge in [-0.3, -0.25) is 9.69 Å². The molecule has 12 heteroatoms. The third-order valence-electron chi connectivity index (χ3n) is 5.06. The zero-order chi connectivity index (χ0) is 23.5. The number of ether oxygens (including phenoxy) is 1. The van der Waals surface area contributed by atoms with Crippen molar-refractivity contribution in [1.82, 2.24) is 25.5 Å². The number of aryl methyl sites for hydroxylation is 1. The van der Waals surface area contributed by atoms with E-state index in [-0.39, 0.29) is 29.9 Å². The smallest absolute Gasteiger partial charge is 0.414 e. The molecule has 1 N–H and O–H groups in total. The minimum absolute atomic E-state index is 0.197. The number of nitrogens with zero attached hydrogens (tertiary/aromatic N) is 5. The molecule has 1 saturated heterocycles. The van der Waals surface area contributed by atoms with E-state index in [4.69, 9.17) is 4.74 Å². The molecule has 2 atom stereocenters. The van der Waals surface area contributed by atoms with Gasteiger partial charge in [0.05, 0.1) is 18.8 Å². The van der Waals surface area contributed by atoms with Gasteiger partial charge in [0.25, 0.3) is 0 Å². The number of carbonyl (C=O) groups excluding carboxylic acids is 2. The highest BCUT2D eigenvalue weighted by atomic mass is 32.2. The summed E-state index contributed by atoms with van der Waals surface area (Å²) in [6.45, 7) is 1.79. The van der Waals surface area contributed by atoms with Gasteiger partial charge in [-0.1, -0.05) is 29.4 Å². The van der Waals surface area contributed by atoms with Gasteiger partial charge in [0.1, 0.15) is 17.7 Å². The van der Waals surface area contributed by atoms with Crippen LogP contribution in [0.2, 0.25) is 0 Å². The molecular weight excluding hydrogens is 451 g/mol. The van der Waals surface area contributed by atoms with Crippen LogP contribution in [0.1, 0.15) is 12.5 Å². The van der Waals surface area contributed by atoms with Crippen LogP contribution in [0.4, 0.5) is 14.9 Å². The fraction of sp³-hybridized carbons (Fsp3) is 0.286. The first-order valence-corrected chi connectivity index (χ1v) is 11.4. The third kappa shape index (κ3) is 5.12. The fourth-order valence-electron chi connectivity index (χ4n) is 3.41. The summed E-state index contributed by atoms with van der Waals surface area (Å²) >= 11 is -1.41. The summed E-state index contributed by atoms with van der Waals surface area (Å²) in [5.41, 5.74) is 2.17. The van der Waals surface area contributed by atoms with Crippen molar-refractivity contribution in [2.24, 2.45) is 7.05 Å². The molecule has 4 rings (SSSR count). The summed E-state index contributed by atoms with van der Waals surface area (Å²) in [5.74, 6) is -0.484. The number of aromatic nitrogens is 4. The molecule has 3 aromatic rings. The van der Waals surface area contributed by atoms with Crippen molar-refractivity contribution in [2.45, 2.75) is 23.9 Å². The molecule has 2 amide bonds. The van der Waals surface area contributed by atoms with Crippen LogP contribution in [0.3, 0.4) is 0 Å². The number of nitrogens with one attached hydrogen (secondary N) is 1. The Bertz CT molecular complexity index is 1170. The van der Waals surface area contributed by atoms with Crippen LogP contribution >= 0.6 is 0 Å². The molecule has 10 nitrogen and oxygen atoms in total. The van der Waals surface area contributed by atoms with Gasteiger partial charge in [0.15, 0.2) is 0 Å². The summed E-state index contributed by atoms with van der Waals surface area (Å²) in [6.07, 6.45) is -1.09. The van der Waals surface area contributed by atoms with Crippen LogP contribution in [0.5, 0.6) is 0 Å². The minimum Gasteiger partial charge on any atom is -0.609 e. The van der Waals surface area contributed by atoms with Crippen molar-refractivity contribution < 1.29 is 23.3 Å². The summed E-state index contributed by atoms with van der Waals surface area (Å²) in [4.78, 5) is 24.5. The van der Waals surface area contributed by atoms with Crippen LogP contribution in [0, 0.1) is 5.82 Å². The predicted molar refractivity (Wildman–Crippen MR) is 117 cm³/mol. The Morgan fingerprint density at radius 2 is 2.06 bits per heavy atom. The molecule has 1 unspecified atom stereocenters. The van der Waals surface area contributed by atoms with E-state index < -0.39 is 29.2 Å². The number of amides is 2. The highest BCUT2D eigenvalue weighted by molar-refractivity contribution is 7.90. The third-order valence-corrected chi connectivity index (χ3v) is 6.41.